The molecule has 92 valence electrons. The second-order valence-corrected chi connectivity index (χ2v) is 2.96. The Morgan fingerprint density at radius 1 is 1.59 bits per heavy atom. The molecule has 0 aliphatic carbocycles. The highest BCUT2D eigenvalue weighted by Gasteiger charge is 2.31. The first kappa shape index (κ1) is 12.9. The van der Waals surface area contributed by atoms with Crippen molar-refractivity contribution < 1.29 is 28.0 Å². The zero-order valence-corrected chi connectivity index (χ0v) is 8.06. The highest BCUT2D eigenvalue weighted by atomic mass is 19.3. The summed E-state index contributed by atoms with van der Waals surface area (Å²) in [4.78, 5) is 22.3. The van der Waals surface area contributed by atoms with Gasteiger partial charge in [-0.05, 0) is 5.56 Å². The van der Waals surface area contributed by atoms with Gasteiger partial charge in [-0.25, -0.2) is 13.8 Å². The van der Waals surface area contributed by atoms with Gasteiger partial charge in [0.2, 0.25) is 0 Å². The van der Waals surface area contributed by atoms with Gasteiger partial charge in [-0.2, -0.15) is 4.39 Å². The third-order valence-electron chi connectivity index (χ3n) is 1.87. The minimum atomic E-state index is -3.36. The molecule has 0 atom stereocenters. The zero-order chi connectivity index (χ0) is 13.2. The van der Waals surface area contributed by atoms with Gasteiger partial charge >= 0.3 is 11.7 Å². The number of carboxylic acids is 1. The van der Waals surface area contributed by atoms with Gasteiger partial charge in [0.1, 0.15) is 5.56 Å². The quantitative estimate of drug-likeness (QED) is 0.498. The largest absolute Gasteiger partial charge is 0.481 e. The molecule has 1 N–H and O–H groups in total. The molecule has 17 heavy (non-hydrogen) atoms. The van der Waals surface area contributed by atoms with Crippen molar-refractivity contribution in [1.29, 1.82) is 0 Å². The smallest absolute Gasteiger partial charge is 0.333 e. The average Bonchev–Trinajstić information content (AvgIpc) is 2.18. The van der Waals surface area contributed by atoms with Gasteiger partial charge in [0.25, 0.3) is 12.4 Å². The molecule has 1 aromatic heterocycles. The van der Waals surface area contributed by atoms with E-state index in [1.807, 2.05) is 0 Å². The molecule has 0 aliphatic heterocycles. The van der Waals surface area contributed by atoms with Gasteiger partial charge in [-0.3, -0.25) is 14.9 Å². The molecule has 0 bridgehead atoms. The molecule has 0 aliphatic rings. The molecule has 1 heterocycles. The van der Waals surface area contributed by atoms with Crippen LogP contribution in [0.5, 0.6) is 0 Å². The fourth-order valence-corrected chi connectivity index (χ4v) is 1.25. The van der Waals surface area contributed by atoms with E-state index in [1.165, 1.54) is 0 Å². The summed E-state index contributed by atoms with van der Waals surface area (Å²) in [6, 6.07) is 0. The van der Waals surface area contributed by atoms with Crippen molar-refractivity contribution in [1.82, 2.24) is 4.98 Å². The predicted molar refractivity (Wildman–Crippen MR) is 47.1 cm³/mol. The number of halogens is 3. The minimum absolute atomic E-state index is 0.554. The van der Waals surface area contributed by atoms with E-state index in [-0.39, 0.29) is 0 Å². The number of rotatable bonds is 4. The van der Waals surface area contributed by atoms with E-state index < -0.39 is 46.5 Å². The molecule has 6 nitrogen and oxygen atoms in total. The van der Waals surface area contributed by atoms with Crippen molar-refractivity contribution in [2.45, 2.75) is 12.8 Å². The number of nitrogens with zero attached hydrogens (tertiary/aromatic N) is 2. The Kier molecular flexibility index (Phi) is 3.61. The number of alkyl halides is 2. The number of hydrogen-bond donors (Lipinski definition) is 1. The first-order valence-electron chi connectivity index (χ1n) is 4.16. The van der Waals surface area contributed by atoms with Crippen molar-refractivity contribution in [3.8, 4) is 0 Å². The number of carboxylic acid groups (broad SMARTS) is 1. The van der Waals surface area contributed by atoms with Gasteiger partial charge in [-0.15, -0.1) is 0 Å². The van der Waals surface area contributed by atoms with E-state index >= 15 is 0 Å². The molecule has 1 rings (SSSR count). The first-order chi connectivity index (χ1) is 7.84. The van der Waals surface area contributed by atoms with E-state index in [2.05, 4.69) is 4.98 Å². The van der Waals surface area contributed by atoms with Crippen molar-refractivity contribution in [3.63, 3.8) is 0 Å². The summed E-state index contributed by atoms with van der Waals surface area (Å²) in [7, 11) is 0. The van der Waals surface area contributed by atoms with Crippen LogP contribution in [0.2, 0.25) is 0 Å². The molecule has 9 heteroatoms. The lowest BCUT2D eigenvalue weighted by atomic mass is 10.1. The van der Waals surface area contributed by atoms with E-state index in [0.29, 0.717) is 6.20 Å². The molecule has 0 spiro atoms. The van der Waals surface area contributed by atoms with E-state index in [9.17, 15) is 28.1 Å². The van der Waals surface area contributed by atoms with Crippen molar-refractivity contribution in [2.75, 3.05) is 0 Å². The highest BCUT2D eigenvalue weighted by Crippen LogP contribution is 2.33. The Morgan fingerprint density at radius 3 is 2.59 bits per heavy atom. The average molecular weight is 250 g/mol. The maximum absolute atomic E-state index is 12.9. The molecule has 0 fully saturated rings. The normalized spacial score (nSPS) is 10.6. The second kappa shape index (κ2) is 4.76. The summed E-state index contributed by atoms with van der Waals surface area (Å²) < 4.78 is 38.1. The van der Waals surface area contributed by atoms with Crippen LogP contribution in [0, 0.1) is 16.1 Å². The maximum atomic E-state index is 12.9. The summed E-state index contributed by atoms with van der Waals surface area (Å²) in [5.74, 6) is -3.14. The standard InChI is InChI=1S/C8H5F3N2O4/c9-7(10)5-3(1-4(14)15)2-12-8(11)6(5)13(16)17/h2,7H,1H2,(H,14,15). The summed E-state index contributed by atoms with van der Waals surface area (Å²) in [6.07, 6.45) is -3.70. The van der Waals surface area contributed by atoms with Crippen molar-refractivity contribution in [3.05, 3.63) is 33.4 Å². The van der Waals surface area contributed by atoms with Gasteiger partial charge in [0, 0.05) is 6.20 Å². The topological polar surface area (TPSA) is 93.3 Å². The molecule has 0 saturated heterocycles. The van der Waals surface area contributed by atoms with E-state index in [4.69, 9.17) is 5.11 Å². The lowest BCUT2D eigenvalue weighted by molar-refractivity contribution is -0.389. The van der Waals surface area contributed by atoms with Crippen molar-refractivity contribution in [2.24, 2.45) is 0 Å². The number of carbonyl (C=O) groups is 1. The zero-order valence-electron chi connectivity index (χ0n) is 8.06. The first-order valence-corrected chi connectivity index (χ1v) is 4.16. The van der Waals surface area contributed by atoms with Crippen LogP contribution in [0.3, 0.4) is 0 Å². The summed E-state index contributed by atoms with van der Waals surface area (Å²) in [5, 5.41) is 18.9. The Morgan fingerprint density at radius 2 is 2.18 bits per heavy atom. The molecular formula is C8H5F3N2O4. The van der Waals surface area contributed by atoms with Crippen LogP contribution >= 0.6 is 0 Å². The molecule has 0 saturated carbocycles. The minimum Gasteiger partial charge on any atom is -0.481 e. The number of aliphatic carboxylic acids is 1. The van der Waals surface area contributed by atoms with Crippen LogP contribution in [-0.4, -0.2) is 21.0 Å². The highest BCUT2D eigenvalue weighted by molar-refractivity contribution is 5.71. The van der Waals surface area contributed by atoms with Crippen LogP contribution in [-0.2, 0) is 11.2 Å². The number of nitro groups is 1. The Balaban J connectivity index is 3.47. The van der Waals surface area contributed by atoms with Crippen LogP contribution < -0.4 is 0 Å². The third kappa shape index (κ3) is 2.68. The number of hydrogen-bond acceptors (Lipinski definition) is 4. The molecule has 0 unspecified atom stereocenters. The molecule has 1 aromatic rings. The lowest BCUT2D eigenvalue weighted by Gasteiger charge is -2.07. The van der Waals surface area contributed by atoms with Gasteiger partial charge in [0.15, 0.2) is 0 Å². The third-order valence-corrected chi connectivity index (χ3v) is 1.87. The number of pyridine rings is 1. The van der Waals surface area contributed by atoms with Crippen LogP contribution in [0.25, 0.3) is 0 Å². The van der Waals surface area contributed by atoms with E-state index in [1.54, 1.807) is 0 Å². The molecule has 0 amide bonds. The monoisotopic (exact) mass is 250 g/mol. The van der Waals surface area contributed by atoms with Gasteiger partial charge in [0.05, 0.1) is 11.3 Å². The fourth-order valence-electron chi connectivity index (χ4n) is 1.25. The van der Waals surface area contributed by atoms with Crippen LogP contribution in [0.1, 0.15) is 17.6 Å². The number of aromatic nitrogens is 1. The molecular weight excluding hydrogens is 245 g/mol. The van der Waals surface area contributed by atoms with Gasteiger partial charge in [-0.1, -0.05) is 0 Å². The Hall–Kier alpha value is -2.19. The maximum Gasteiger partial charge on any atom is 0.333 e. The van der Waals surface area contributed by atoms with E-state index in [0.717, 1.165) is 0 Å². The Labute approximate surface area is 91.9 Å². The summed E-state index contributed by atoms with van der Waals surface area (Å²) >= 11 is 0. The summed E-state index contributed by atoms with van der Waals surface area (Å²) in [6.45, 7) is 0. The SMILES string of the molecule is O=C(O)Cc1cnc(F)c([N+](=O)[O-])c1C(F)F. The van der Waals surface area contributed by atoms with Crippen molar-refractivity contribution >= 4 is 11.7 Å². The predicted octanol–water partition coefficient (Wildman–Crippen LogP) is 1.69. The Bertz CT molecular complexity index is 478. The summed E-state index contributed by atoms with van der Waals surface area (Å²) in [5.41, 5.74) is -3.32. The van der Waals surface area contributed by atoms with Crippen LogP contribution in [0.4, 0.5) is 18.9 Å². The lowest BCUT2D eigenvalue weighted by Crippen LogP contribution is -2.09. The second-order valence-electron chi connectivity index (χ2n) is 2.96. The van der Waals surface area contributed by atoms with Gasteiger partial charge < -0.3 is 5.11 Å². The molecule has 0 aromatic carbocycles. The fraction of sp³-hybridized carbons (Fsp3) is 0.250. The molecule has 0 radical (unpaired) electrons. The van der Waals surface area contributed by atoms with Crippen LogP contribution in [0.15, 0.2) is 6.20 Å².